The molecule has 0 radical (unpaired) electrons. The van der Waals surface area contributed by atoms with Crippen LogP contribution in [0.1, 0.15) is 15.9 Å². The number of rotatable bonds is 3. The molecule has 0 atom stereocenters. The minimum absolute atomic E-state index is 0.284. The van der Waals surface area contributed by atoms with Gasteiger partial charge in [-0.25, -0.2) is 9.97 Å². The first kappa shape index (κ1) is 12.3. The Bertz CT molecular complexity index is 602. The van der Waals surface area contributed by atoms with E-state index < -0.39 is 5.91 Å². The average molecular weight is 264 g/mol. The van der Waals surface area contributed by atoms with E-state index in [0.29, 0.717) is 22.3 Å². The summed E-state index contributed by atoms with van der Waals surface area (Å²) >= 11 is 5.86. The number of carbonyl (C=O) groups is 1. The molecular formula is C12H10ClN3O2. The van der Waals surface area contributed by atoms with Crippen LogP contribution < -0.4 is 10.5 Å². The van der Waals surface area contributed by atoms with Crippen molar-refractivity contribution in [2.45, 2.75) is 6.92 Å². The lowest BCUT2D eigenvalue weighted by molar-refractivity contribution is 0.0998. The Morgan fingerprint density at radius 3 is 2.78 bits per heavy atom. The second-order valence-electron chi connectivity index (χ2n) is 3.56. The molecule has 0 aliphatic carbocycles. The summed E-state index contributed by atoms with van der Waals surface area (Å²) in [5.41, 5.74) is 6.14. The summed E-state index contributed by atoms with van der Waals surface area (Å²) in [5, 5.41) is 0.302. The molecule has 6 heteroatoms. The van der Waals surface area contributed by atoms with Gasteiger partial charge in [-0.15, -0.1) is 0 Å². The number of nitrogens with two attached hydrogens (primary N) is 1. The minimum Gasteiger partial charge on any atom is -0.438 e. The second-order valence-corrected chi connectivity index (χ2v) is 3.92. The number of para-hydroxylation sites is 1. The van der Waals surface area contributed by atoms with Crippen molar-refractivity contribution in [3.8, 4) is 11.6 Å². The Balaban J connectivity index is 2.40. The van der Waals surface area contributed by atoms with Crippen molar-refractivity contribution in [1.82, 2.24) is 9.97 Å². The Morgan fingerprint density at radius 2 is 2.06 bits per heavy atom. The smallest absolute Gasteiger partial charge is 0.252 e. The van der Waals surface area contributed by atoms with Crippen molar-refractivity contribution in [2.24, 2.45) is 5.73 Å². The second kappa shape index (κ2) is 5.01. The van der Waals surface area contributed by atoms with Gasteiger partial charge in [-0.05, 0) is 19.1 Å². The fraction of sp³-hybridized carbons (Fsp3) is 0.0833. The number of nitrogens with zero attached hydrogens (tertiary/aromatic N) is 2. The van der Waals surface area contributed by atoms with E-state index in [0.717, 1.165) is 0 Å². The van der Waals surface area contributed by atoms with Gasteiger partial charge in [0.25, 0.3) is 5.91 Å². The highest BCUT2D eigenvalue weighted by Crippen LogP contribution is 2.27. The monoisotopic (exact) mass is 263 g/mol. The molecule has 2 rings (SSSR count). The zero-order chi connectivity index (χ0) is 13.1. The maximum Gasteiger partial charge on any atom is 0.252 e. The minimum atomic E-state index is -0.566. The van der Waals surface area contributed by atoms with Gasteiger partial charge < -0.3 is 10.5 Å². The summed E-state index contributed by atoms with van der Waals surface area (Å²) in [6, 6.07) is 6.65. The van der Waals surface area contributed by atoms with Crippen LogP contribution in [0.3, 0.4) is 0 Å². The van der Waals surface area contributed by atoms with Gasteiger partial charge in [-0.2, -0.15) is 0 Å². The molecule has 0 spiro atoms. The van der Waals surface area contributed by atoms with E-state index >= 15 is 0 Å². The Kier molecular flexibility index (Phi) is 3.43. The molecule has 92 valence electrons. The third-order valence-corrected chi connectivity index (χ3v) is 2.72. The van der Waals surface area contributed by atoms with Gasteiger partial charge in [0.2, 0.25) is 5.88 Å². The first-order valence-corrected chi connectivity index (χ1v) is 5.51. The molecular weight excluding hydrogens is 254 g/mol. The number of amides is 1. The van der Waals surface area contributed by atoms with Crippen molar-refractivity contribution in [2.75, 3.05) is 0 Å². The highest BCUT2D eigenvalue weighted by Gasteiger charge is 2.12. The number of hydrogen-bond donors (Lipinski definition) is 1. The van der Waals surface area contributed by atoms with E-state index in [-0.39, 0.29) is 5.56 Å². The van der Waals surface area contributed by atoms with Gasteiger partial charge >= 0.3 is 0 Å². The maximum absolute atomic E-state index is 11.2. The predicted octanol–water partition coefficient (Wildman–Crippen LogP) is 2.33. The quantitative estimate of drug-likeness (QED) is 0.862. The summed E-state index contributed by atoms with van der Waals surface area (Å²) in [6.45, 7) is 1.73. The zero-order valence-corrected chi connectivity index (χ0v) is 10.3. The van der Waals surface area contributed by atoms with Crippen molar-refractivity contribution in [1.29, 1.82) is 0 Å². The number of aromatic nitrogens is 2. The van der Waals surface area contributed by atoms with E-state index in [1.165, 1.54) is 6.33 Å². The van der Waals surface area contributed by atoms with Gasteiger partial charge in [0.15, 0.2) is 0 Å². The molecule has 2 aromatic rings. The van der Waals surface area contributed by atoms with Gasteiger partial charge in [-0.3, -0.25) is 4.79 Å². The molecule has 18 heavy (non-hydrogen) atoms. The lowest BCUT2D eigenvalue weighted by Gasteiger charge is -2.10. The summed E-state index contributed by atoms with van der Waals surface area (Å²) in [6.07, 6.45) is 1.29. The van der Waals surface area contributed by atoms with Gasteiger partial charge in [0, 0.05) is 5.56 Å². The SMILES string of the molecule is Cc1c(Cl)ncnc1Oc1ccccc1C(N)=O. The van der Waals surface area contributed by atoms with Crippen LogP contribution in [-0.2, 0) is 0 Å². The topological polar surface area (TPSA) is 78.1 Å². The third-order valence-electron chi connectivity index (χ3n) is 2.34. The molecule has 0 unspecified atom stereocenters. The fourth-order valence-electron chi connectivity index (χ4n) is 1.38. The van der Waals surface area contributed by atoms with E-state index in [4.69, 9.17) is 22.1 Å². The van der Waals surface area contributed by atoms with Gasteiger partial charge in [-0.1, -0.05) is 23.7 Å². The molecule has 2 N–H and O–H groups in total. The fourth-order valence-corrected chi connectivity index (χ4v) is 1.50. The molecule has 0 aliphatic rings. The first-order valence-electron chi connectivity index (χ1n) is 5.13. The van der Waals surface area contributed by atoms with E-state index in [9.17, 15) is 4.79 Å². The lowest BCUT2D eigenvalue weighted by Crippen LogP contribution is -2.12. The standard InChI is InChI=1S/C12H10ClN3O2/c1-7-10(13)15-6-16-12(7)18-9-5-3-2-4-8(9)11(14)17/h2-6H,1H3,(H2,14,17). The maximum atomic E-state index is 11.2. The number of benzene rings is 1. The van der Waals surface area contributed by atoms with Crippen LogP contribution in [-0.4, -0.2) is 15.9 Å². The summed E-state index contributed by atoms with van der Waals surface area (Å²) in [4.78, 5) is 19.0. The van der Waals surface area contributed by atoms with Crippen molar-refractivity contribution in [3.63, 3.8) is 0 Å². The van der Waals surface area contributed by atoms with E-state index in [1.54, 1.807) is 31.2 Å². The molecule has 0 saturated heterocycles. The molecule has 1 aromatic heterocycles. The molecule has 0 bridgehead atoms. The van der Waals surface area contributed by atoms with Gasteiger partial charge in [0.05, 0.1) is 5.56 Å². The van der Waals surface area contributed by atoms with Crippen LogP contribution in [0, 0.1) is 6.92 Å². The van der Waals surface area contributed by atoms with Crippen LogP contribution in [0.4, 0.5) is 0 Å². The number of primary amides is 1. The first-order chi connectivity index (χ1) is 8.59. The molecule has 1 aromatic carbocycles. The normalized spacial score (nSPS) is 10.1. The third kappa shape index (κ3) is 2.41. The summed E-state index contributed by atoms with van der Waals surface area (Å²) in [7, 11) is 0. The molecule has 1 amide bonds. The van der Waals surface area contributed by atoms with E-state index in [2.05, 4.69) is 9.97 Å². The summed E-state index contributed by atoms with van der Waals surface area (Å²) in [5.74, 6) is 0.0648. The predicted molar refractivity (Wildman–Crippen MR) is 66.8 cm³/mol. The number of halogens is 1. The van der Waals surface area contributed by atoms with Crippen LogP contribution in [0.15, 0.2) is 30.6 Å². The Labute approximate surface area is 109 Å². The van der Waals surface area contributed by atoms with Crippen LogP contribution in [0.2, 0.25) is 5.15 Å². The lowest BCUT2D eigenvalue weighted by atomic mass is 10.2. The molecule has 0 saturated carbocycles. The largest absolute Gasteiger partial charge is 0.438 e. The number of hydrogen-bond acceptors (Lipinski definition) is 4. The molecule has 1 heterocycles. The molecule has 0 aliphatic heterocycles. The van der Waals surface area contributed by atoms with Crippen LogP contribution >= 0.6 is 11.6 Å². The molecule has 0 fully saturated rings. The molecule has 5 nitrogen and oxygen atoms in total. The Hall–Kier alpha value is -2.14. The number of ether oxygens (including phenoxy) is 1. The van der Waals surface area contributed by atoms with Gasteiger partial charge in [0.1, 0.15) is 17.2 Å². The van der Waals surface area contributed by atoms with Crippen LogP contribution in [0.25, 0.3) is 0 Å². The average Bonchev–Trinajstić information content (AvgIpc) is 2.35. The number of carbonyl (C=O) groups excluding carboxylic acids is 1. The van der Waals surface area contributed by atoms with Crippen LogP contribution in [0.5, 0.6) is 11.6 Å². The van der Waals surface area contributed by atoms with E-state index in [1.807, 2.05) is 0 Å². The Morgan fingerprint density at radius 1 is 1.33 bits per heavy atom. The summed E-state index contributed by atoms with van der Waals surface area (Å²) < 4.78 is 5.55. The zero-order valence-electron chi connectivity index (χ0n) is 9.55. The van der Waals surface area contributed by atoms with Crippen molar-refractivity contribution < 1.29 is 9.53 Å². The van der Waals surface area contributed by atoms with Crippen molar-refractivity contribution in [3.05, 3.63) is 46.9 Å². The highest BCUT2D eigenvalue weighted by atomic mass is 35.5. The highest BCUT2D eigenvalue weighted by molar-refractivity contribution is 6.30. The van der Waals surface area contributed by atoms with Crippen molar-refractivity contribution >= 4 is 17.5 Å².